The van der Waals surface area contributed by atoms with E-state index in [2.05, 4.69) is 0 Å². The number of hydrogen-bond donors (Lipinski definition) is 1. The first kappa shape index (κ1) is 25.1. The van der Waals surface area contributed by atoms with E-state index in [4.69, 9.17) is 19.3 Å². The van der Waals surface area contributed by atoms with Crippen LogP contribution in [0.3, 0.4) is 0 Å². The third kappa shape index (κ3) is 7.80. The Kier molecular flexibility index (Phi) is 8.09. The zero-order chi connectivity index (χ0) is 23.4. The molecule has 0 radical (unpaired) electrons. The van der Waals surface area contributed by atoms with Gasteiger partial charge < -0.3 is 24.2 Å². The first-order chi connectivity index (χ1) is 14.3. The van der Waals surface area contributed by atoms with Gasteiger partial charge in [0.1, 0.15) is 11.4 Å². The number of morpholine rings is 1. The minimum atomic E-state index is -4.82. The summed E-state index contributed by atoms with van der Waals surface area (Å²) in [5.74, 6) is -2.35. The van der Waals surface area contributed by atoms with Gasteiger partial charge in [0.05, 0.1) is 25.9 Å². The van der Waals surface area contributed by atoms with Crippen molar-refractivity contribution >= 4 is 6.09 Å². The number of amides is 1. The van der Waals surface area contributed by atoms with Crippen LogP contribution >= 0.6 is 0 Å². The van der Waals surface area contributed by atoms with E-state index in [0.29, 0.717) is 6.54 Å². The van der Waals surface area contributed by atoms with Crippen LogP contribution in [0.1, 0.15) is 32.8 Å². The standard InChI is InChI=1S/C20H26F5NO5/c1-19(2,3)31-18(28)26-5-7-29-13(11-26)8-12-9-15(22)16(10-14(12)21)30-6-4-17(27)20(23,24)25/h9-10,13,17,27H,4-8,11H2,1-3H3/t13-,17?/m1/s1. The fraction of sp³-hybridized carbons (Fsp3) is 0.650. The van der Waals surface area contributed by atoms with E-state index in [0.717, 1.165) is 12.1 Å². The van der Waals surface area contributed by atoms with Crippen LogP contribution < -0.4 is 4.74 Å². The van der Waals surface area contributed by atoms with Gasteiger partial charge in [0, 0.05) is 25.5 Å². The van der Waals surface area contributed by atoms with E-state index in [1.54, 1.807) is 20.8 Å². The Bertz CT molecular complexity index is 766. The molecule has 11 heteroatoms. The highest BCUT2D eigenvalue weighted by atomic mass is 19.4. The van der Waals surface area contributed by atoms with Crippen LogP contribution in [-0.2, 0) is 15.9 Å². The molecule has 1 N–H and O–H groups in total. The van der Waals surface area contributed by atoms with Gasteiger partial charge in [-0.05, 0) is 32.4 Å². The first-order valence-corrected chi connectivity index (χ1v) is 9.71. The lowest BCUT2D eigenvalue weighted by Gasteiger charge is -2.34. The summed E-state index contributed by atoms with van der Waals surface area (Å²) in [7, 11) is 0. The van der Waals surface area contributed by atoms with Crippen molar-refractivity contribution in [2.45, 2.75) is 57.6 Å². The van der Waals surface area contributed by atoms with Gasteiger partial charge in [0.15, 0.2) is 17.7 Å². The fourth-order valence-electron chi connectivity index (χ4n) is 2.86. The van der Waals surface area contributed by atoms with Crippen LogP contribution in [0.2, 0.25) is 0 Å². The van der Waals surface area contributed by atoms with Gasteiger partial charge in [0.25, 0.3) is 0 Å². The second kappa shape index (κ2) is 9.99. The second-order valence-electron chi connectivity index (χ2n) is 8.19. The summed E-state index contributed by atoms with van der Waals surface area (Å²) >= 11 is 0. The number of carbonyl (C=O) groups excluding carboxylic acids is 1. The summed E-state index contributed by atoms with van der Waals surface area (Å²) in [5.41, 5.74) is -0.706. The van der Waals surface area contributed by atoms with Gasteiger partial charge >= 0.3 is 12.3 Å². The molecule has 1 aliphatic heterocycles. The molecule has 1 amide bonds. The number of aliphatic hydroxyl groups excluding tert-OH is 1. The highest BCUT2D eigenvalue weighted by molar-refractivity contribution is 5.68. The molecule has 1 fully saturated rings. The van der Waals surface area contributed by atoms with Gasteiger partial charge in [-0.3, -0.25) is 0 Å². The average molecular weight is 455 g/mol. The summed E-state index contributed by atoms with van der Waals surface area (Å²) in [4.78, 5) is 13.6. The summed E-state index contributed by atoms with van der Waals surface area (Å²) in [6.07, 6.45) is -9.40. The molecule has 0 bridgehead atoms. The van der Waals surface area contributed by atoms with E-state index >= 15 is 0 Å². The van der Waals surface area contributed by atoms with Crippen molar-refractivity contribution in [2.75, 3.05) is 26.3 Å². The average Bonchev–Trinajstić information content (AvgIpc) is 2.63. The largest absolute Gasteiger partial charge is 0.490 e. The molecule has 1 aromatic carbocycles. The topological polar surface area (TPSA) is 68.2 Å². The summed E-state index contributed by atoms with van der Waals surface area (Å²) < 4.78 is 81.1. The highest BCUT2D eigenvalue weighted by Crippen LogP contribution is 2.26. The SMILES string of the molecule is CC(C)(C)OC(=O)N1CCO[C@H](Cc2cc(F)c(OCCC(O)C(F)(F)F)cc2F)C1. The molecule has 2 atom stereocenters. The number of rotatable bonds is 6. The number of benzene rings is 1. The quantitative estimate of drug-likeness (QED) is 0.661. The molecule has 0 aromatic heterocycles. The Labute approximate surface area is 176 Å². The minimum Gasteiger partial charge on any atom is -0.490 e. The maximum absolute atomic E-state index is 14.4. The molecule has 31 heavy (non-hydrogen) atoms. The predicted octanol–water partition coefficient (Wildman–Crippen LogP) is 3.84. The molecule has 1 aromatic rings. The molecular weight excluding hydrogens is 429 g/mol. The molecule has 1 heterocycles. The second-order valence-corrected chi connectivity index (χ2v) is 8.19. The van der Waals surface area contributed by atoms with Crippen molar-refractivity contribution < 1.29 is 46.1 Å². The van der Waals surface area contributed by atoms with E-state index in [1.807, 2.05) is 0 Å². The Morgan fingerprint density at radius 1 is 1.26 bits per heavy atom. The van der Waals surface area contributed by atoms with Crippen molar-refractivity contribution in [3.05, 3.63) is 29.3 Å². The Morgan fingerprint density at radius 2 is 1.94 bits per heavy atom. The van der Waals surface area contributed by atoms with Crippen molar-refractivity contribution in [1.29, 1.82) is 0 Å². The molecule has 0 aliphatic carbocycles. The van der Waals surface area contributed by atoms with E-state index in [1.165, 1.54) is 4.90 Å². The third-order valence-electron chi connectivity index (χ3n) is 4.37. The van der Waals surface area contributed by atoms with Crippen molar-refractivity contribution in [1.82, 2.24) is 4.90 Å². The first-order valence-electron chi connectivity index (χ1n) is 9.71. The van der Waals surface area contributed by atoms with Crippen molar-refractivity contribution in [3.8, 4) is 5.75 Å². The van der Waals surface area contributed by atoms with Gasteiger partial charge in [-0.1, -0.05) is 0 Å². The summed E-state index contributed by atoms with van der Waals surface area (Å²) in [6, 6.07) is 1.61. The molecule has 6 nitrogen and oxygen atoms in total. The van der Waals surface area contributed by atoms with E-state index < -0.39 is 60.5 Å². The molecule has 0 spiro atoms. The maximum Gasteiger partial charge on any atom is 0.414 e. The third-order valence-corrected chi connectivity index (χ3v) is 4.37. The highest BCUT2D eigenvalue weighted by Gasteiger charge is 2.37. The normalized spacial score (nSPS) is 18.6. The number of alkyl halides is 3. The zero-order valence-corrected chi connectivity index (χ0v) is 17.5. The molecule has 0 saturated carbocycles. The zero-order valence-electron chi connectivity index (χ0n) is 17.5. The number of ether oxygens (including phenoxy) is 3. The Morgan fingerprint density at radius 3 is 2.55 bits per heavy atom. The van der Waals surface area contributed by atoms with Crippen LogP contribution in [-0.4, -0.2) is 66.4 Å². The molecule has 1 aliphatic rings. The van der Waals surface area contributed by atoms with Gasteiger partial charge in [0.2, 0.25) is 0 Å². The van der Waals surface area contributed by atoms with Crippen LogP contribution in [0, 0.1) is 11.6 Å². The molecular formula is C20H26F5NO5. The molecule has 2 rings (SSSR count). The Hall–Kier alpha value is -2.14. The van der Waals surface area contributed by atoms with E-state index in [9.17, 15) is 26.7 Å². The number of carbonyl (C=O) groups is 1. The lowest BCUT2D eigenvalue weighted by molar-refractivity contribution is -0.206. The lowest BCUT2D eigenvalue weighted by Crippen LogP contribution is -2.48. The monoisotopic (exact) mass is 455 g/mol. The van der Waals surface area contributed by atoms with Crippen molar-refractivity contribution in [2.24, 2.45) is 0 Å². The maximum atomic E-state index is 14.4. The van der Waals surface area contributed by atoms with Gasteiger partial charge in [-0.2, -0.15) is 13.2 Å². The summed E-state index contributed by atoms with van der Waals surface area (Å²) in [6.45, 7) is 5.18. The lowest BCUT2D eigenvalue weighted by atomic mass is 10.1. The fourth-order valence-corrected chi connectivity index (χ4v) is 2.86. The molecule has 1 unspecified atom stereocenters. The van der Waals surface area contributed by atoms with E-state index in [-0.39, 0.29) is 25.1 Å². The van der Waals surface area contributed by atoms with Crippen molar-refractivity contribution in [3.63, 3.8) is 0 Å². The smallest absolute Gasteiger partial charge is 0.414 e. The van der Waals surface area contributed by atoms with Gasteiger partial charge in [-0.15, -0.1) is 0 Å². The molecule has 176 valence electrons. The number of hydrogen-bond acceptors (Lipinski definition) is 5. The Balaban J connectivity index is 1.96. The van der Waals surface area contributed by atoms with Crippen LogP contribution in [0.15, 0.2) is 12.1 Å². The number of aliphatic hydroxyl groups is 1. The van der Waals surface area contributed by atoms with Crippen LogP contribution in [0.25, 0.3) is 0 Å². The van der Waals surface area contributed by atoms with Gasteiger partial charge in [-0.25, -0.2) is 13.6 Å². The summed E-state index contributed by atoms with van der Waals surface area (Å²) in [5, 5.41) is 8.91. The predicted molar refractivity (Wildman–Crippen MR) is 99.8 cm³/mol. The van der Waals surface area contributed by atoms with Crippen LogP contribution in [0.4, 0.5) is 26.7 Å². The van der Waals surface area contributed by atoms with Crippen LogP contribution in [0.5, 0.6) is 5.75 Å². The number of halogens is 5. The number of nitrogens with zero attached hydrogens (tertiary/aromatic N) is 1. The molecule has 1 saturated heterocycles. The minimum absolute atomic E-state index is 0.0313.